The van der Waals surface area contributed by atoms with Gasteiger partial charge >= 0.3 is 0 Å². The molecule has 3 aromatic rings. The van der Waals surface area contributed by atoms with E-state index < -0.39 is 0 Å². The van der Waals surface area contributed by atoms with E-state index in [-0.39, 0.29) is 23.7 Å². The zero-order valence-corrected chi connectivity index (χ0v) is 18.7. The Labute approximate surface area is 192 Å². The Morgan fingerprint density at radius 3 is 2.79 bits per heavy atom. The van der Waals surface area contributed by atoms with Gasteiger partial charge in [-0.1, -0.05) is 18.2 Å². The van der Waals surface area contributed by atoms with Crippen LogP contribution in [0, 0.1) is 11.7 Å². The molecule has 5 rings (SSSR count). The number of ether oxygens (including phenoxy) is 1. The number of amides is 1. The number of rotatable bonds is 6. The van der Waals surface area contributed by atoms with E-state index in [9.17, 15) is 9.18 Å². The predicted octanol–water partition coefficient (Wildman–Crippen LogP) is 3.61. The second kappa shape index (κ2) is 9.27. The number of fused-ring (bicyclic) bond motifs is 3. The van der Waals surface area contributed by atoms with Crippen molar-refractivity contribution in [1.29, 1.82) is 0 Å². The number of anilines is 1. The molecule has 2 aliphatic rings. The summed E-state index contributed by atoms with van der Waals surface area (Å²) >= 11 is 0. The highest BCUT2D eigenvalue weighted by molar-refractivity contribution is 5.82. The number of piperazine rings is 1. The van der Waals surface area contributed by atoms with Gasteiger partial charge in [0.15, 0.2) is 0 Å². The standard InChI is InChI=1S/C26H28FN3O3/c1-32-21-9-6-19-13-23(26(31)28-15-22-3-2-12-33-22)25-17-29(10-11-30(25)24(19)14-21)16-18-4-7-20(27)8-5-18/h2-9,12,14,23,25H,10-11,13,15-17H2,1H3,(H,28,31)/t23-,25+/m1/s1. The average Bonchev–Trinajstić information content (AvgIpc) is 3.37. The molecule has 2 atom stereocenters. The lowest BCUT2D eigenvalue weighted by molar-refractivity contribution is -0.126. The van der Waals surface area contributed by atoms with Crippen molar-refractivity contribution in [3.05, 3.63) is 83.6 Å². The van der Waals surface area contributed by atoms with Crippen molar-refractivity contribution in [2.75, 3.05) is 31.6 Å². The summed E-state index contributed by atoms with van der Waals surface area (Å²) in [5.74, 6) is 1.18. The van der Waals surface area contributed by atoms with Crippen molar-refractivity contribution in [3.63, 3.8) is 0 Å². The van der Waals surface area contributed by atoms with Gasteiger partial charge in [0.05, 0.1) is 31.9 Å². The molecule has 1 fully saturated rings. The molecule has 3 heterocycles. The van der Waals surface area contributed by atoms with Crippen LogP contribution >= 0.6 is 0 Å². The summed E-state index contributed by atoms with van der Waals surface area (Å²) in [5, 5.41) is 3.07. The van der Waals surface area contributed by atoms with Crippen LogP contribution < -0.4 is 15.0 Å². The van der Waals surface area contributed by atoms with Crippen LogP contribution in [0.15, 0.2) is 65.3 Å². The van der Waals surface area contributed by atoms with Crippen molar-refractivity contribution >= 4 is 11.6 Å². The van der Waals surface area contributed by atoms with Crippen LogP contribution in [0.4, 0.5) is 10.1 Å². The number of halogens is 1. The molecule has 2 aromatic carbocycles. The van der Waals surface area contributed by atoms with E-state index in [1.807, 2.05) is 30.3 Å². The first-order valence-electron chi connectivity index (χ1n) is 11.3. The fourth-order valence-electron chi connectivity index (χ4n) is 4.97. The summed E-state index contributed by atoms with van der Waals surface area (Å²) < 4.78 is 24.2. The molecule has 1 saturated heterocycles. The largest absolute Gasteiger partial charge is 0.497 e. The molecule has 0 unspecified atom stereocenters. The minimum atomic E-state index is -0.227. The number of nitrogens with zero attached hydrogens (tertiary/aromatic N) is 2. The first-order chi connectivity index (χ1) is 16.1. The summed E-state index contributed by atoms with van der Waals surface area (Å²) in [5.41, 5.74) is 3.38. The number of methoxy groups -OCH3 is 1. The quantitative estimate of drug-likeness (QED) is 0.623. The molecule has 6 nitrogen and oxygen atoms in total. The molecule has 0 aliphatic carbocycles. The highest BCUT2D eigenvalue weighted by atomic mass is 19.1. The predicted molar refractivity (Wildman–Crippen MR) is 124 cm³/mol. The van der Waals surface area contributed by atoms with Gasteiger partial charge in [-0.2, -0.15) is 0 Å². The van der Waals surface area contributed by atoms with Gasteiger partial charge in [-0.15, -0.1) is 0 Å². The van der Waals surface area contributed by atoms with Gasteiger partial charge < -0.3 is 19.4 Å². The van der Waals surface area contributed by atoms with Crippen LogP contribution in [0.3, 0.4) is 0 Å². The number of nitrogens with one attached hydrogen (secondary N) is 1. The van der Waals surface area contributed by atoms with Crippen LogP contribution in [-0.4, -0.2) is 43.6 Å². The molecular formula is C26H28FN3O3. The Kier molecular flexibility index (Phi) is 6.05. The average molecular weight is 450 g/mol. The van der Waals surface area contributed by atoms with E-state index in [2.05, 4.69) is 27.2 Å². The monoisotopic (exact) mass is 449 g/mol. The molecular weight excluding hydrogens is 421 g/mol. The van der Waals surface area contributed by atoms with E-state index in [1.54, 1.807) is 13.4 Å². The normalized spacial score (nSPS) is 20.1. The van der Waals surface area contributed by atoms with Crippen LogP contribution in [-0.2, 0) is 24.3 Å². The fraction of sp³-hybridized carbons (Fsp3) is 0.346. The molecule has 7 heteroatoms. The summed E-state index contributed by atoms with van der Waals surface area (Å²) in [6, 6.07) is 16.5. The van der Waals surface area contributed by atoms with Gasteiger partial charge in [0.1, 0.15) is 17.3 Å². The Balaban J connectivity index is 1.38. The summed E-state index contributed by atoms with van der Waals surface area (Å²) in [6.07, 6.45) is 2.29. The summed E-state index contributed by atoms with van der Waals surface area (Å²) in [7, 11) is 1.67. The number of furan rings is 1. The Morgan fingerprint density at radius 2 is 2.03 bits per heavy atom. The number of hydrogen-bond donors (Lipinski definition) is 1. The summed E-state index contributed by atoms with van der Waals surface area (Å²) in [4.78, 5) is 18.0. The van der Waals surface area contributed by atoms with Crippen molar-refractivity contribution in [1.82, 2.24) is 10.2 Å². The van der Waals surface area contributed by atoms with Crippen LogP contribution in [0.2, 0.25) is 0 Å². The molecule has 1 amide bonds. The highest BCUT2D eigenvalue weighted by Crippen LogP contribution is 2.38. The zero-order chi connectivity index (χ0) is 22.8. The van der Waals surface area contributed by atoms with Gasteiger partial charge in [-0.3, -0.25) is 9.69 Å². The third kappa shape index (κ3) is 4.59. The maximum atomic E-state index is 13.3. The fourth-order valence-corrected chi connectivity index (χ4v) is 4.97. The lowest BCUT2D eigenvalue weighted by atomic mass is 9.83. The van der Waals surface area contributed by atoms with Crippen LogP contribution in [0.1, 0.15) is 16.9 Å². The molecule has 0 radical (unpaired) electrons. The molecule has 0 saturated carbocycles. The van der Waals surface area contributed by atoms with E-state index in [4.69, 9.17) is 9.15 Å². The van der Waals surface area contributed by atoms with Gasteiger partial charge in [-0.05, 0) is 47.9 Å². The highest BCUT2D eigenvalue weighted by Gasteiger charge is 2.41. The Hall–Kier alpha value is -3.32. The number of carbonyl (C=O) groups is 1. The second-order valence-electron chi connectivity index (χ2n) is 8.72. The lowest BCUT2D eigenvalue weighted by Gasteiger charge is -2.49. The number of benzene rings is 2. The minimum absolute atomic E-state index is 0.0338. The van der Waals surface area contributed by atoms with E-state index in [1.165, 1.54) is 12.1 Å². The van der Waals surface area contributed by atoms with E-state index in [0.717, 1.165) is 54.5 Å². The molecule has 0 spiro atoms. The first kappa shape index (κ1) is 21.5. The van der Waals surface area contributed by atoms with Gasteiger partial charge in [0.2, 0.25) is 5.91 Å². The van der Waals surface area contributed by atoms with Gasteiger partial charge in [-0.25, -0.2) is 4.39 Å². The third-order valence-corrected chi connectivity index (χ3v) is 6.68. The molecule has 172 valence electrons. The molecule has 2 aliphatic heterocycles. The van der Waals surface area contributed by atoms with E-state index in [0.29, 0.717) is 13.0 Å². The van der Waals surface area contributed by atoms with Crippen LogP contribution in [0.25, 0.3) is 0 Å². The molecule has 1 N–H and O–H groups in total. The number of hydrogen-bond acceptors (Lipinski definition) is 5. The Bertz CT molecular complexity index is 1100. The minimum Gasteiger partial charge on any atom is -0.497 e. The zero-order valence-electron chi connectivity index (χ0n) is 18.7. The van der Waals surface area contributed by atoms with Crippen molar-refractivity contribution < 1.29 is 18.3 Å². The molecule has 33 heavy (non-hydrogen) atoms. The second-order valence-corrected chi connectivity index (χ2v) is 8.72. The maximum absolute atomic E-state index is 13.3. The third-order valence-electron chi connectivity index (χ3n) is 6.68. The summed E-state index contributed by atoms with van der Waals surface area (Å²) in [6.45, 7) is 3.55. The Morgan fingerprint density at radius 1 is 1.18 bits per heavy atom. The maximum Gasteiger partial charge on any atom is 0.225 e. The SMILES string of the molecule is COc1ccc2c(c1)N1CCN(Cc3ccc(F)cc3)C[C@H]1[C@H](C(=O)NCc1ccco1)C2. The van der Waals surface area contributed by atoms with Crippen molar-refractivity contribution in [2.45, 2.75) is 25.6 Å². The van der Waals surface area contributed by atoms with Crippen molar-refractivity contribution in [2.24, 2.45) is 5.92 Å². The van der Waals surface area contributed by atoms with Gasteiger partial charge in [0, 0.05) is 37.9 Å². The van der Waals surface area contributed by atoms with Crippen molar-refractivity contribution in [3.8, 4) is 5.75 Å². The van der Waals surface area contributed by atoms with Gasteiger partial charge in [0.25, 0.3) is 0 Å². The smallest absolute Gasteiger partial charge is 0.225 e. The van der Waals surface area contributed by atoms with E-state index >= 15 is 0 Å². The topological polar surface area (TPSA) is 58.0 Å². The first-order valence-corrected chi connectivity index (χ1v) is 11.3. The number of carbonyl (C=O) groups excluding carboxylic acids is 1. The lowest BCUT2D eigenvalue weighted by Crippen LogP contribution is -2.60. The molecule has 1 aromatic heterocycles. The van der Waals surface area contributed by atoms with Crippen LogP contribution in [0.5, 0.6) is 5.75 Å². The molecule has 0 bridgehead atoms.